The lowest BCUT2D eigenvalue weighted by Crippen LogP contribution is -2.24. The minimum atomic E-state index is -4.73. The van der Waals surface area contributed by atoms with E-state index in [-0.39, 0.29) is 42.1 Å². The van der Waals surface area contributed by atoms with Gasteiger partial charge in [-0.2, -0.15) is 13.2 Å². The van der Waals surface area contributed by atoms with Crippen LogP contribution in [0.15, 0.2) is 40.7 Å². The average molecular weight is 403 g/mol. The summed E-state index contributed by atoms with van der Waals surface area (Å²) in [4.78, 5) is 24.6. The number of aliphatic hydroxyl groups excluding tert-OH is 1. The van der Waals surface area contributed by atoms with E-state index in [9.17, 15) is 27.9 Å². The van der Waals surface area contributed by atoms with Crippen LogP contribution in [-0.2, 0) is 25.2 Å². The van der Waals surface area contributed by atoms with Crippen LogP contribution in [0.3, 0.4) is 0 Å². The first-order chi connectivity index (χ1) is 12.6. The van der Waals surface area contributed by atoms with Crippen LogP contribution in [0.5, 0.6) is 0 Å². The van der Waals surface area contributed by atoms with Crippen molar-refractivity contribution in [1.29, 1.82) is 0 Å². The van der Waals surface area contributed by atoms with Crippen LogP contribution in [0.25, 0.3) is 0 Å². The topological polar surface area (TPSA) is 72.8 Å². The predicted octanol–water partition coefficient (Wildman–Crippen LogP) is 4.07. The van der Waals surface area contributed by atoms with Crippen LogP contribution in [-0.4, -0.2) is 30.3 Å². The van der Waals surface area contributed by atoms with Crippen LogP contribution in [0.4, 0.5) is 13.2 Å². The van der Waals surface area contributed by atoms with Gasteiger partial charge in [0.25, 0.3) is 0 Å². The van der Waals surface area contributed by atoms with E-state index >= 15 is 0 Å². The molecule has 27 heavy (non-hydrogen) atoms. The number of alkyl halides is 3. The number of carbonyl (C=O) groups excluding carboxylic acids is 2. The summed E-state index contributed by atoms with van der Waals surface area (Å²) < 4.78 is 49.6. The normalized spacial score (nSPS) is 19.9. The highest BCUT2D eigenvalue weighted by molar-refractivity contribution is 6.31. The van der Waals surface area contributed by atoms with Crippen molar-refractivity contribution in [3.05, 3.63) is 56.8 Å². The molecule has 0 saturated heterocycles. The summed E-state index contributed by atoms with van der Waals surface area (Å²) >= 11 is 5.66. The Morgan fingerprint density at radius 3 is 2.74 bits per heavy atom. The van der Waals surface area contributed by atoms with Crippen LogP contribution in [0, 0.1) is 0 Å². The third-order valence-electron chi connectivity index (χ3n) is 4.37. The molecule has 5 nitrogen and oxygen atoms in total. The number of carbonyl (C=O) groups is 2. The minimum absolute atomic E-state index is 0.00684. The molecule has 0 amide bonds. The van der Waals surface area contributed by atoms with Crippen LogP contribution < -0.4 is 0 Å². The maximum absolute atomic E-state index is 13.3. The van der Waals surface area contributed by atoms with Crippen molar-refractivity contribution >= 4 is 23.5 Å². The molecule has 0 saturated carbocycles. The van der Waals surface area contributed by atoms with Crippen LogP contribution in [0.2, 0.25) is 5.02 Å². The molecule has 0 aromatic heterocycles. The first-order valence-electron chi connectivity index (χ1n) is 8.00. The molecule has 1 aromatic rings. The van der Waals surface area contributed by atoms with Crippen molar-refractivity contribution < 1.29 is 37.3 Å². The molecule has 144 valence electrons. The molecule has 1 aromatic carbocycles. The lowest BCUT2D eigenvalue weighted by Gasteiger charge is -2.26. The molecular formula is C18H14ClF3O5. The first kappa shape index (κ1) is 19.3. The fourth-order valence-corrected chi connectivity index (χ4v) is 3.47. The number of benzene rings is 1. The van der Waals surface area contributed by atoms with E-state index in [0.29, 0.717) is 5.57 Å². The number of aliphatic hydroxyl groups is 1. The number of esters is 2. The van der Waals surface area contributed by atoms with Gasteiger partial charge in [0.1, 0.15) is 12.4 Å². The highest BCUT2D eigenvalue weighted by Gasteiger charge is 2.43. The molecule has 1 aliphatic heterocycles. The predicted molar refractivity (Wildman–Crippen MR) is 88.1 cm³/mol. The molecule has 1 atom stereocenters. The van der Waals surface area contributed by atoms with E-state index in [4.69, 9.17) is 21.1 Å². The summed E-state index contributed by atoms with van der Waals surface area (Å²) in [7, 11) is 0. The van der Waals surface area contributed by atoms with Crippen molar-refractivity contribution in [3.63, 3.8) is 0 Å². The average Bonchev–Trinajstić information content (AvgIpc) is 2.94. The third kappa shape index (κ3) is 3.41. The zero-order chi connectivity index (χ0) is 19.9. The van der Waals surface area contributed by atoms with Crippen molar-refractivity contribution in [3.8, 4) is 0 Å². The minimum Gasteiger partial charge on any atom is -0.511 e. The summed E-state index contributed by atoms with van der Waals surface area (Å²) in [5.41, 5.74) is -0.939. The van der Waals surface area contributed by atoms with E-state index in [1.807, 2.05) is 0 Å². The first-order valence-corrected chi connectivity index (χ1v) is 8.37. The smallest absolute Gasteiger partial charge is 0.417 e. The maximum Gasteiger partial charge on any atom is 0.417 e. The van der Waals surface area contributed by atoms with E-state index in [1.165, 1.54) is 6.07 Å². The molecule has 0 spiro atoms. The zero-order valence-corrected chi connectivity index (χ0v) is 14.8. The summed E-state index contributed by atoms with van der Waals surface area (Å²) in [5, 5.41) is 9.83. The number of allylic oxidation sites excluding steroid dienone is 1. The number of hydrogen-bond donors (Lipinski definition) is 1. The zero-order valence-electron chi connectivity index (χ0n) is 14.0. The van der Waals surface area contributed by atoms with Gasteiger partial charge in [-0.25, -0.2) is 9.59 Å². The lowest BCUT2D eigenvalue weighted by molar-refractivity contribution is -0.139. The van der Waals surface area contributed by atoms with Gasteiger partial charge in [-0.1, -0.05) is 17.7 Å². The SMILES string of the molecule is CCOC(=O)C1=C(O)CC2=C(C(=O)OC2)C1c1ccc(Cl)c(C(F)(F)F)c1. The van der Waals surface area contributed by atoms with Crippen molar-refractivity contribution in [2.75, 3.05) is 13.2 Å². The largest absolute Gasteiger partial charge is 0.511 e. The maximum atomic E-state index is 13.3. The Kier molecular flexibility index (Phi) is 4.94. The highest BCUT2D eigenvalue weighted by atomic mass is 35.5. The van der Waals surface area contributed by atoms with Crippen LogP contribution in [0.1, 0.15) is 30.4 Å². The van der Waals surface area contributed by atoms with Gasteiger partial charge < -0.3 is 14.6 Å². The Hall–Kier alpha value is -2.48. The van der Waals surface area contributed by atoms with Crippen molar-refractivity contribution in [2.24, 2.45) is 0 Å². The van der Waals surface area contributed by atoms with Gasteiger partial charge in [-0.3, -0.25) is 0 Å². The molecule has 0 fully saturated rings. The quantitative estimate of drug-likeness (QED) is 0.771. The summed E-state index contributed by atoms with van der Waals surface area (Å²) in [6, 6.07) is 3.08. The Labute approximate surface area is 157 Å². The van der Waals surface area contributed by atoms with E-state index in [0.717, 1.165) is 12.1 Å². The highest BCUT2D eigenvalue weighted by Crippen LogP contribution is 2.46. The van der Waals surface area contributed by atoms with Crippen molar-refractivity contribution in [2.45, 2.75) is 25.4 Å². The Morgan fingerprint density at radius 1 is 1.41 bits per heavy atom. The Morgan fingerprint density at radius 2 is 2.11 bits per heavy atom. The number of hydrogen-bond acceptors (Lipinski definition) is 5. The fourth-order valence-electron chi connectivity index (χ4n) is 3.25. The van der Waals surface area contributed by atoms with Gasteiger partial charge in [0, 0.05) is 6.42 Å². The van der Waals surface area contributed by atoms with Crippen LogP contribution >= 0.6 is 11.6 Å². The van der Waals surface area contributed by atoms with Gasteiger partial charge in [-0.15, -0.1) is 0 Å². The van der Waals surface area contributed by atoms with E-state index < -0.39 is 34.6 Å². The summed E-state index contributed by atoms with van der Waals surface area (Å²) in [6.45, 7) is 1.45. The molecule has 1 unspecified atom stereocenters. The van der Waals surface area contributed by atoms with Gasteiger partial charge in [0.05, 0.1) is 34.3 Å². The van der Waals surface area contributed by atoms with E-state index in [2.05, 4.69) is 0 Å². The molecule has 3 rings (SSSR count). The van der Waals surface area contributed by atoms with Gasteiger partial charge in [-0.05, 0) is 30.2 Å². The standard InChI is InChI=1S/C18H14ClF3O5/c1-2-26-17(25)15-12(23)6-9-7-27-16(24)14(9)13(15)8-3-4-11(19)10(5-8)18(20,21)22/h3-5,13,23H,2,6-7H2,1H3. The second kappa shape index (κ2) is 6.92. The fraction of sp³-hybridized carbons (Fsp3) is 0.333. The molecule has 0 bridgehead atoms. The summed E-state index contributed by atoms with van der Waals surface area (Å²) in [5.74, 6) is -3.25. The lowest BCUT2D eigenvalue weighted by atomic mass is 9.77. The number of rotatable bonds is 3. The second-order valence-electron chi connectivity index (χ2n) is 6.02. The molecule has 2 aliphatic rings. The molecular weight excluding hydrogens is 389 g/mol. The second-order valence-corrected chi connectivity index (χ2v) is 6.43. The monoisotopic (exact) mass is 402 g/mol. The summed E-state index contributed by atoms with van der Waals surface area (Å²) in [6.07, 6.45) is -4.84. The Bertz CT molecular complexity index is 885. The number of cyclic esters (lactones) is 1. The molecule has 1 heterocycles. The molecule has 0 radical (unpaired) electrons. The van der Waals surface area contributed by atoms with Crippen molar-refractivity contribution in [1.82, 2.24) is 0 Å². The molecule has 1 N–H and O–H groups in total. The van der Waals surface area contributed by atoms with Gasteiger partial charge in [0.15, 0.2) is 0 Å². The van der Waals surface area contributed by atoms with E-state index in [1.54, 1.807) is 6.92 Å². The molecule has 9 heteroatoms. The van der Waals surface area contributed by atoms with Gasteiger partial charge >= 0.3 is 18.1 Å². The van der Waals surface area contributed by atoms with Gasteiger partial charge in [0.2, 0.25) is 0 Å². The number of halogens is 4. The molecule has 1 aliphatic carbocycles. The third-order valence-corrected chi connectivity index (χ3v) is 4.70. The Balaban J connectivity index is 2.20. The number of ether oxygens (including phenoxy) is 2.